The van der Waals surface area contributed by atoms with Gasteiger partial charge in [0.2, 0.25) is 27.9 Å². The molecule has 37 heavy (non-hydrogen) atoms. The number of ether oxygens (including phenoxy) is 2. The van der Waals surface area contributed by atoms with Crippen LogP contribution in [0.3, 0.4) is 0 Å². The van der Waals surface area contributed by atoms with Crippen molar-refractivity contribution in [2.24, 2.45) is 0 Å². The van der Waals surface area contributed by atoms with Gasteiger partial charge in [-0.15, -0.1) is 0 Å². The molecule has 1 saturated heterocycles. The Balaban J connectivity index is 0.00000380. The van der Waals surface area contributed by atoms with Crippen molar-refractivity contribution in [3.8, 4) is 34.3 Å². The minimum Gasteiger partial charge on any atom is -0.726 e. The molecular formula is C21H19NaO14S. The Labute approximate surface area is 230 Å². The van der Waals surface area contributed by atoms with Crippen LogP contribution in [0.5, 0.6) is 23.0 Å². The van der Waals surface area contributed by atoms with Crippen molar-refractivity contribution in [3.63, 3.8) is 0 Å². The summed E-state index contributed by atoms with van der Waals surface area (Å²) in [5.41, 5.74) is -1.21. The van der Waals surface area contributed by atoms with Crippen molar-refractivity contribution in [1.82, 2.24) is 0 Å². The molecule has 0 bridgehead atoms. The minimum absolute atomic E-state index is 0. The largest absolute Gasteiger partial charge is 1.00 e. The first kappa shape index (κ1) is 29.1. The fourth-order valence-corrected chi connectivity index (χ4v) is 4.16. The number of benzene rings is 2. The van der Waals surface area contributed by atoms with Gasteiger partial charge < -0.3 is 49.1 Å². The molecule has 0 spiro atoms. The van der Waals surface area contributed by atoms with Crippen molar-refractivity contribution in [2.75, 3.05) is 6.61 Å². The molecule has 2 heterocycles. The molecule has 1 aliphatic heterocycles. The summed E-state index contributed by atoms with van der Waals surface area (Å²) in [6, 6.07) is 6.96. The van der Waals surface area contributed by atoms with E-state index in [1.54, 1.807) is 0 Å². The molecule has 2 aromatic carbocycles. The molecule has 4 rings (SSSR count). The minimum atomic E-state index is -5.49. The molecule has 0 saturated carbocycles. The first-order valence-corrected chi connectivity index (χ1v) is 11.5. The topological polar surface area (TPSA) is 236 Å². The van der Waals surface area contributed by atoms with E-state index >= 15 is 0 Å². The van der Waals surface area contributed by atoms with Gasteiger partial charge in [0, 0.05) is 17.7 Å². The number of aliphatic hydroxyl groups excluding tert-OH is 3. The third kappa shape index (κ3) is 6.01. The van der Waals surface area contributed by atoms with Crippen LogP contribution in [0.25, 0.3) is 22.3 Å². The van der Waals surface area contributed by atoms with Gasteiger partial charge in [0.1, 0.15) is 46.5 Å². The quantitative estimate of drug-likeness (QED) is 0.0982. The van der Waals surface area contributed by atoms with Gasteiger partial charge >= 0.3 is 29.6 Å². The number of phenolic OH excluding ortho intramolecular Hbond substituents is 3. The summed E-state index contributed by atoms with van der Waals surface area (Å²) >= 11 is 0. The smallest absolute Gasteiger partial charge is 0.726 e. The number of hydrogen-bond acceptors (Lipinski definition) is 14. The average Bonchev–Trinajstić information content (AvgIpc) is 2.79. The Morgan fingerprint density at radius 2 is 1.65 bits per heavy atom. The summed E-state index contributed by atoms with van der Waals surface area (Å²) < 4.78 is 54.5. The predicted molar refractivity (Wildman–Crippen MR) is 116 cm³/mol. The van der Waals surface area contributed by atoms with Gasteiger partial charge in [0.05, 0.1) is 6.61 Å². The van der Waals surface area contributed by atoms with E-state index in [0.717, 1.165) is 12.1 Å². The van der Waals surface area contributed by atoms with Crippen molar-refractivity contribution in [1.29, 1.82) is 0 Å². The number of rotatable bonds is 6. The van der Waals surface area contributed by atoms with Crippen molar-refractivity contribution in [3.05, 3.63) is 46.6 Å². The second-order valence-corrected chi connectivity index (χ2v) is 8.78. The van der Waals surface area contributed by atoms with Gasteiger partial charge in [-0.25, -0.2) is 8.42 Å². The summed E-state index contributed by atoms with van der Waals surface area (Å²) in [7, 11) is -5.49. The number of hydrogen-bond donors (Lipinski definition) is 6. The zero-order valence-corrected chi connectivity index (χ0v) is 21.7. The molecule has 1 aliphatic rings. The summed E-state index contributed by atoms with van der Waals surface area (Å²) in [5.74, 6) is -2.38. The van der Waals surface area contributed by atoms with Crippen LogP contribution in [-0.4, -0.2) is 80.9 Å². The third-order valence-electron chi connectivity index (χ3n) is 5.33. The maximum absolute atomic E-state index is 13.4. The zero-order valence-electron chi connectivity index (χ0n) is 18.9. The van der Waals surface area contributed by atoms with Crippen LogP contribution in [0, 0.1) is 0 Å². The molecule has 3 aromatic rings. The molecular weight excluding hydrogens is 531 g/mol. The van der Waals surface area contributed by atoms with E-state index < -0.39 is 75.8 Å². The van der Waals surface area contributed by atoms with Gasteiger partial charge in [0.25, 0.3) is 0 Å². The van der Waals surface area contributed by atoms with Crippen LogP contribution < -0.4 is 39.7 Å². The van der Waals surface area contributed by atoms with Crippen LogP contribution in [0.4, 0.5) is 0 Å². The summed E-state index contributed by atoms with van der Waals surface area (Å²) in [5, 5.41) is 59.0. The third-order valence-corrected chi connectivity index (χ3v) is 5.79. The van der Waals surface area contributed by atoms with Gasteiger partial charge in [-0.05, 0) is 24.3 Å². The maximum Gasteiger partial charge on any atom is 1.00 e. The Hall–Kier alpha value is -2.44. The van der Waals surface area contributed by atoms with Crippen LogP contribution in [0.2, 0.25) is 0 Å². The number of phenols is 3. The molecule has 14 nitrogen and oxygen atoms in total. The van der Waals surface area contributed by atoms with E-state index in [9.17, 15) is 48.4 Å². The maximum atomic E-state index is 13.4. The van der Waals surface area contributed by atoms with E-state index in [2.05, 4.69) is 4.18 Å². The Bertz CT molecular complexity index is 1440. The van der Waals surface area contributed by atoms with Crippen molar-refractivity contribution < 1.29 is 91.2 Å². The van der Waals surface area contributed by atoms with Gasteiger partial charge in [0.15, 0.2) is 11.9 Å². The fourth-order valence-electron chi connectivity index (χ4n) is 3.68. The molecule has 194 valence electrons. The average molecular weight is 550 g/mol. The van der Waals surface area contributed by atoms with Crippen LogP contribution in [0.1, 0.15) is 0 Å². The first-order chi connectivity index (χ1) is 16.9. The van der Waals surface area contributed by atoms with Gasteiger partial charge in [-0.1, -0.05) is 0 Å². The Kier molecular flexibility index (Phi) is 8.75. The van der Waals surface area contributed by atoms with E-state index in [0.29, 0.717) is 0 Å². The standard InChI is InChI=1S/C21H20O14S.Na/c22-7-13-15(26)17(28)20(35-36(29,30)31)21(33-13)34-19-16(27)14-11(25)5-10(24)6-12(14)32-18(19)8-1-3-9(23)4-2-8;/h1-6,13,15,17,20-26,28H,7H2,(H,29,30,31);/q;+1/p-1/t13-,15+,17-,20-,21+;/m1./s1. The molecule has 1 fully saturated rings. The van der Waals surface area contributed by atoms with Gasteiger partial charge in [-0.2, -0.15) is 0 Å². The molecule has 0 amide bonds. The summed E-state index contributed by atoms with van der Waals surface area (Å²) in [4.78, 5) is 13.4. The zero-order chi connectivity index (χ0) is 26.4. The first-order valence-electron chi connectivity index (χ1n) is 10.1. The number of aromatic hydroxyl groups is 3. The predicted octanol–water partition coefficient (Wildman–Crippen LogP) is -3.76. The summed E-state index contributed by atoms with van der Waals surface area (Å²) in [6.45, 7) is -0.883. The fraction of sp³-hybridized carbons (Fsp3) is 0.286. The molecule has 0 aliphatic carbocycles. The molecule has 1 aromatic heterocycles. The summed E-state index contributed by atoms with van der Waals surface area (Å²) in [6.07, 6.45) is -9.84. The van der Waals surface area contributed by atoms with Crippen LogP contribution in [0.15, 0.2) is 45.6 Å². The van der Waals surface area contributed by atoms with Crippen LogP contribution in [-0.2, 0) is 19.3 Å². The van der Waals surface area contributed by atoms with Gasteiger partial charge in [-0.3, -0.25) is 8.98 Å². The Morgan fingerprint density at radius 3 is 2.24 bits per heavy atom. The second-order valence-electron chi connectivity index (χ2n) is 7.77. The molecule has 16 heteroatoms. The Morgan fingerprint density at radius 1 is 1.00 bits per heavy atom. The normalized spacial score (nSPS) is 23.9. The number of aliphatic hydroxyl groups is 3. The number of fused-ring (bicyclic) bond motifs is 1. The van der Waals surface area contributed by atoms with E-state index in [1.807, 2.05) is 0 Å². The monoisotopic (exact) mass is 550 g/mol. The second kappa shape index (κ2) is 11.1. The van der Waals surface area contributed by atoms with E-state index in [4.69, 9.17) is 13.9 Å². The molecule has 5 atom stereocenters. The SMILES string of the molecule is O=c1c(O[C@@H]2O[C@H](CO)[C@H](O)[C@@H](O)[C@H]2OS(=O)(=O)[O-])c(-c2ccc(O)cc2)oc2cc(O)cc(O)c12.[Na+]. The van der Waals surface area contributed by atoms with Crippen molar-refractivity contribution >= 4 is 21.4 Å². The van der Waals surface area contributed by atoms with E-state index in [-0.39, 0.29) is 52.2 Å². The van der Waals surface area contributed by atoms with E-state index in [1.165, 1.54) is 24.3 Å². The molecule has 0 unspecified atom stereocenters. The van der Waals surface area contributed by atoms with Crippen LogP contribution >= 0.6 is 0 Å². The van der Waals surface area contributed by atoms with Crippen molar-refractivity contribution in [2.45, 2.75) is 30.7 Å². The molecule has 6 N–H and O–H groups in total. The molecule has 0 radical (unpaired) electrons.